The zero-order valence-electron chi connectivity index (χ0n) is 16.0. The maximum atomic E-state index is 4.58. The molecule has 0 atom stereocenters. The van der Waals surface area contributed by atoms with Crippen LogP contribution in [0.25, 0.3) is 33.8 Å². The fourth-order valence-corrected chi connectivity index (χ4v) is 3.22. The summed E-state index contributed by atoms with van der Waals surface area (Å²) in [5.41, 5.74) is 7.21. The summed E-state index contributed by atoms with van der Waals surface area (Å²) in [7, 11) is 0. The van der Waals surface area contributed by atoms with Crippen LogP contribution in [-0.2, 0) is 5.41 Å². The minimum absolute atomic E-state index is 0.160. The van der Waals surface area contributed by atoms with Crippen LogP contribution in [0, 0.1) is 0 Å². The first-order valence-electron chi connectivity index (χ1n) is 9.32. The molecule has 0 amide bonds. The zero-order chi connectivity index (χ0) is 18.9. The van der Waals surface area contributed by atoms with Crippen LogP contribution >= 0.6 is 0 Å². The Morgan fingerprint density at radius 2 is 1.19 bits per heavy atom. The third-order valence-corrected chi connectivity index (χ3v) is 4.90. The zero-order valence-corrected chi connectivity index (χ0v) is 16.0. The van der Waals surface area contributed by atoms with E-state index in [0.717, 1.165) is 22.6 Å². The van der Waals surface area contributed by atoms with E-state index in [0.29, 0.717) is 0 Å². The van der Waals surface area contributed by atoms with Crippen molar-refractivity contribution in [2.45, 2.75) is 26.2 Å². The Morgan fingerprint density at radius 1 is 0.630 bits per heavy atom. The van der Waals surface area contributed by atoms with Gasteiger partial charge in [-0.05, 0) is 27.7 Å². The van der Waals surface area contributed by atoms with Crippen LogP contribution in [0.15, 0.2) is 85.1 Å². The molecule has 0 aliphatic heterocycles. The van der Waals surface area contributed by atoms with Gasteiger partial charge in [0.05, 0.1) is 11.9 Å². The summed E-state index contributed by atoms with van der Waals surface area (Å²) >= 11 is 0. The molecular weight excluding hydrogens is 328 g/mol. The number of hydrogen-bond donors (Lipinski definition) is 1. The third kappa shape index (κ3) is 3.70. The van der Waals surface area contributed by atoms with Crippen molar-refractivity contribution in [3.8, 4) is 33.8 Å². The quantitative estimate of drug-likeness (QED) is 0.436. The van der Waals surface area contributed by atoms with Crippen LogP contribution in [0.4, 0.5) is 0 Å². The molecule has 2 heteroatoms. The third-order valence-electron chi connectivity index (χ3n) is 4.90. The molecule has 0 saturated carbocycles. The second-order valence-corrected chi connectivity index (χ2v) is 7.92. The molecule has 0 radical (unpaired) electrons. The number of nitrogens with one attached hydrogen (secondary N) is 1. The van der Waals surface area contributed by atoms with Crippen LogP contribution in [0.5, 0.6) is 0 Å². The summed E-state index contributed by atoms with van der Waals surface area (Å²) in [4.78, 5) is 8.03. The molecule has 3 aromatic carbocycles. The first-order chi connectivity index (χ1) is 13.0. The van der Waals surface area contributed by atoms with Gasteiger partial charge in [0, 0.05) is 5.56 Å². The lowest BCUT2D eigenvalue weighted by atomic mass is 9.87. The van der Waals surface area contributed by atoms with Gasteiger partial charge in [0.1, 0.15) is 5.82 Å². The van der Waals surface area contributed by atoms with Gasteiger partial charge >= 0.3 is 0 Å². The van der Waals surface area contributed by atoms with Crippen LogP contribution in [0.1, 0.15) is 26.3 Å². The number of rotatable bonds is 3. The summed E-state index contributed by atoms with van der Waals surface area (Å²) in [5.74, 6) is 0.901. The number of aromatic amines is 1. The monoisotopic (exact) mass is 352 g/mol. The number of aromatic nitrogens is 2. The largest absolute Gasteiger partial charge is 0.338 e. The molecule has 0 fully saturated rings. The van der Waals surface area contributed by atoms with Crippen LogP contribution in [0.3, 0.4) is 0 Å². The van der Waals surface area contributed by atoms with Gasteiger partial charge in [-0.25, -0.2) is 4.98 Å². The first kappa shape index (κ1) is 17.3. The lowest BCUT2D eigenvalue weighted by Crippen LogP contribution is -2.10. The summed E-state index contributed by atoms with van der Waals surface area (Å²) in [6.45, 7) is 6.68. The maximum absolute atomic E-state index is 4.58. The molecule has 0 saturated heterocycles. The smallest absolute Gasteiger partial charge is 0.137 e. The van der Waals surface area contributed by atoms with Gasteiger partial charge in [-0.15, -0.1) is 0 Å². The molecule has 0 bridgehead atoms. The summed E-state index contributed by atoms with van der Waals surface area (Å²) in [6.07, 6.45) is 1.91. The van der Waals surface area contributed by atoms with Crippen molar-refractivity contribution in [2.24, 2.45) is 0 Å². The lowest BCUT2D eigenvalue weighted by Gasteiger charge is -2.18. The molecule has 0 unspecified atom stereocenters. The average molecular weight is 352 g/mol. The maximum Gasteiger partial charge on any atom is 0.137 e. The minimum Gasteiger partial charge on any atom is -0.338 e. The number of nitrogens with zero attached hydrogens (tertiary/aromatic N) is 1. The molecule has 1 N–H and O–H groups in total. The van der Waals surface area contributed by atoms with Crippen molar-refractivity contribution in [1.29, 1.82) is 0 Å². The van der Waals surface area contributed by atoms with Gasteiger partial charge in [-0.3, -0.25) is 0 Å². The average Bonchev–Trinajstić information content (AvgIpc) is 3.18. The van der Waals surface area contributed by atoms with Crippen LogP contribution in [-0.4, -0.2) is 9.97 Å². The predicted molar refractivity (Wildman–Crippen MR) is 114 cm³/mol. The number of benzene rings is 3. The van der Waals surface area contributed by atoms with Crippen LogP contribution in [0.2, 0.25) is 0 Å². The molecular formula is C25H24N2. The fraction of sp³-hybridized carbons (Fsp3) is 0.160. The molecule has 4 aromatic rings. The Balaban J connectivity index is 1.57. The number of hydrogen-bond acceptors (Lipinski definition) is 1. The van der Waals surface area contributed by atoms with E-state index < -0.39 is 0 Å². The van der Waals surface area contributed by atoms with E-state index in [9.17, 15) is 0 Å². The van der Waals surface area contributed by atoms with E-state index in [2.05, 4.69) is 104 Å². The SMILES string of the molecule is CC(C)(C)c1ccc(-c2ncc(-c3ccc(-c4ccccc4)cc3)[nH]2)cc1. The van der Waals surface area contributed by atoms with Crippen molar-refractivity contribution < 1.29 is 0 Å². The standard InChI is InChI=1S/C25H24N2/c1-25(2,3)22-15-13-21(14-16-22)24-26-17-23(27-24)20-11-9-19(10-12-20)18-7-5-4-6-8-18/h4-17H,1-3H3,(H,26,27). The van der Waals surface area contributed by atoms with E-state index >= 15 is 0 Å². The Labute approximate surface area is 160 Å². The number of H-pyrrole nitrogens is 1. The second kappa shape index (κ2) is 6.88. The first-order valence-corrected chi connectivity index (χ1v) is 9.32. The van der Waals surface area contributed by atoms with Gasteiger partial charge in [0.2, 0.25) is 0 Å². The van der Waals surface area contributed by atoms with E-state index in [4.69, 9.17) is 0 Å². The predicted octanol–water partition coefficient (Wildman–Crippen LogP) is 6.71. The van der Waals surface area contributed by atoms with E-state index in [-0.39, 0.29) is 5.41 Å². The van der Waals surface area contributed by atoms with E-state index in [1.807, 2.05) is 12.3 Å². The van der Waals surface area contributed by atoms with E-state index in [1.165, 1.54) is 16.7 Å². The summed E-state index contributed by atoms with van der Waals surface area (Å²) < 4.78 is 0. The minimum atomic E-state index is 0.160. The molecule has 1 heterocycles. The number of imidazole rings is 1. The highest BCUT2D eigenvalue weighted by Crippen LogP contribution is 2.27. The molecule has 27 heavy (non-hydrogen) atoms. The molecule has 0 aliphatic rings. The highest BCUT2D eigenvalue weighted by molar-refractivity contribution is 5.70. The molecule has 4 rings (SSSR count). The molecule has 0 aliphatic carbocycles. The molecule has 2 nitrogen and oxygen atoms in total. The van der Waals surface area contributed by atoms with Gasteiger partial charge in [0.15, 0.2) is 0 Å². The molecule has 0 spiro atoms. The Kier molecular flexibility index (Phi) is 4.41. The van der Waals surface area contributed by atoms with Gasteiger partial charge < -0.3 is 4.98 Å². The van der Waals surface area contributed by atoms with Crippen molar-refractivity contribution in [1.82, 2.24) is 9.97 Å². The Hall–Kier alpha value is -3.13. The normalized spacial score (nSPS) is 11.5. The van der Waals surface area contributed by atoms with Crippen molar-refractivity contribution in [2.75, 3.05) is 0 Å². The van der Waals surface area contributed by atoms with Crippen molar-refractivity contribution >= 4 is 0 Å². The molecule has 134 valence electrons. The highest BCUT2D eigenvalue weighted by Gasteiger charge is 2.13. The second-order valence-electron chi connectivity index (χ2n) is 7.92. The summed E-state index contributed by atoms with van der Waals surface area (Å²) in [6, 6.07) is 27.7. The van der Waals surface area contributed by atoms with Gasteiger partial charge in [-0.2, -0.15) is 0 Å². The fourth-order valence-electron chi connectivity index (χ4n) is 3.22. The van der Waals surface area contributed by atoms with Crippen molar-refractivity contribution in [3.05, 3.63) is 90.6 Å². The van der Waals surface area contributed by atoms with E-state index in [1.54, 1.807) is 0 Å². The Morgan fingerprint density at radius 3 is 1.81 bits per heavy atom. The summed E-state index contributed by atoms with van der Waals surface area (Å²) in [5, 5.41) is 0. The van der Waals surface area contributed by atoms with Crippen molar-refractivity contribution in [3.63, 3.8) is 0 Å². The van der Waals surface area contributed by atoms with Gasteiger partial charge in [-0.1, -0.05) is 99.6 Å². The highest BCUT2D eigenvalue weighted by atomic mass is 14.9. The van der Waals surface area contributed by atoms with Crippen LogP contribution < -0.4 is 0 Å². The van der Waals surface area contributed by atoms with Gasteiger partial charge in [0.25, 0.3) is 0 Å². The lowest BCUT2D eigenvalue weighted by molar-refractivity contribution is 0.590. The topological polar surface area (TPSA) is 28.7 Å². The Bertz CT molecular complexity index is 1020. The molecule has 1 aromatic heterocycles.